The van der Waals surface area contributed by atoms with Gasteiger partial charge in [-0.15, -0.1) is 0 Å². The third kappa shape index (κ3) is 2.72. The summed E-state index contributed by atoms with van der Waals surface area (Å²) in [6, 6.07) is 11.3. The van der Waals surface area contributed by atoms with Crippen molar-refractivity contribution in [2.75, 3.05) is 0 Å². The highest BCUT2D eigenvalue weighted by atomic mass is 35.5. The number of hydrogen-bond acceptors (Lipinski definition) is 5. The summed E-state index contributed by atoms with van der Waals surface area (Å²) in [7, 11) is 0. The molecule has 2 heterocycles. The van der Waals surface area contributed by atoms with Gasteiger partial charge in [0.15, 0.2) is 23.8 Å². The summed E-state index contributed by atoms with van der Waals surface area (Å²) in [5.41, 5.74) is 2.74. The molecule has 0 unspecified atom stereocenters. The molecule has 26 heavy (non-hydrogen) atoms. The standard InChI is InChI=1S/C19H15ClN2O4/c1-11-14(10-23)22-8-4-7-15(18(22)21-11)25-17-13-6-3-2-5-12(13)9-16(17)26-19(20)24/h2-8,10,16-17H,9H2,1H3/t16-,17-/m1/s1. The van der Waals surface area contributed by atoms with E-state index in [1.54, 1.807) is 29.7 Å². The Labute approximate surface area is 154 Å². The Hall–Kier alpha value is -2.86. The molecular weight excluding hydrogens is 356 g/mol. The first-order valence-electron chi connectivity index (χ1n) is 8.12. The first kappa shape index (κ1) is 16.6. The number of aryl methyl sites for hydroxylation is 1. The summed E-state index contributed by atoms with van der Waals surface area (Å²) in [6.45, 7) is 1.77. The molecule has 1 aliphatic carbocycles. The van der Waals surface area contributed by atoms with Crippen LogP contribution in [-0.4, -0.2) is 27.2 Å². The molecule has 0 radical (unpaired) electrons. The number of imidazole rings is 1. The number of pyridine rings is 1. The quantitative estimate of drug-likeness (QED) is 0.515. The Morgan fingerprint density at radius 2 is 2.12 bits per heavy atom. The lowest BCUT2D eigenvalue weighted by atomic mass is 10.1. The second-order valence-electron chi connectivity index (χ2n) is 6.10. The molecule has 6 nitrogen and oxygen atoms in total. The van der Waals surface area contributed by atoms with E-state index in [2.05, 4.69) is 4.98 Å². The first-order chi connectivity index (χ1) is 12.6. The molecule has 0 amide bonds. The van der Waals surface area contributed by atoms with Crippen LogP contribution in [0, 0.1) is 6.92 Å². The fourth-order valence-electron chi connectivity index (χ4n) is 3.43. The number of halogens is 1. The van der Waals surface area contributed by atoms with Gasteiger partial charge in [-0.25, -0.2) is 9.78 Å². The van der Waals surface area contributed by atoms with Crippen LogP contribution in [0.15, 0.2) is 42.6 Å². The molecule has 7 heteroatoms. The van der Waals surface area contributed by atoms with Gasteiger partial charge in [-0.05, 0) is 30.2 Å². The monoisotopic (exact) mass is 370 g/mol. The lowest BCUT2D eigenvalue weighted by Crippen LogP contribution is -2.24. The maximum Gasteiger partial charge on any atom is 0.404 e. The van der Waals surface area contributed by atoms with E-state index < -0.39 is 17.6 Å². The molecule has 1 aliphatic rings. The predicted octanol–water partition coefficient (Wildman–Crippen LogP) is 3.88. The van der Waals surface area contributed by atoms with E-state index in [4.69, 9.17) is 21.1 Å². The minimum Gasteiger partial charge on any atom is -0.478 e. The number of nitrogens with zero attached hydrogens (tertiary/aromatic N) is 2. The molecule has 0 fully saturated rings. The summed E-state index contributed by atoms with van der Waals surface area (Å²) in [5, 5.41) is 0. The minimum absolute atomic E-state index is 0.473. The minimum atomic E-state index is -0.866. The molecule has 4 rings (SSSR count). The lowest BCUT2D eigenvalue weighted by Gasteiger charge is -2.21. The van der Waals surface area contributed by atoms with Crippen LogP contribution in [-0.2, 0) is 11.2 Å². The van der Waals surface area contributed by atoms with Crippen molar-refractivity contribution in [1.82, 2.24) is 9.38 Å². The van der Waals surface area contributed by atoms with Gasteiger partial charge >= 0.3 is 5.43 Å². The maximum absolute atomic E-state index is 11.3. The Balaban J connectivity index is 1.76. The van der Waals surface area contributed by atoms with Crippen LogP contribution in [0.2, 0.25) is 0 Å². The molecule has 0 N–H and O–H groups in total. The van der Waals surface area contributed by atoms with Gasteiger partial charge < -0.3 is 9.47 Å². The molecule has 3 aromatic rings. The summed E-state index contributed by atoms with van der Waals surface area (Å²) in [6.07, 6.45) is 2.01. The SMILES string of the molecule is Cc1nc2c(O[C@@H]3c4ccccc4C[C@H]3OC(=O)Cl)cccn2c1C=O. The highest BCUT2D eigenvalue weighted by Crippen LogP contribution is 2.38. The molecule has 0 bridgehead atoms. The molecule has 0 saturated carbocycles. The Morgan fingerprint density at radius 1 is 1.31 bits per heavy atom. The number of carbonyl (C=O) groups is 2. The lowest BCUT2D eigenvalue weighted by molar-refractivity contribution is 0.0388. The Bertz CT molecular complexity index is 1010. The topological polar surface area (TPSA) is 69.9 Å². The first-order valence-corrected chi connectivity index (χ1v) is 8.49. The van der Waals surface area contributed by atoms with E-state index in [1.807, 2.05) is 24.3 Å². The second kappa shape index (κ2) is 6.46. The van der Waals surface area contributed by atoms with Crippen LogP contribution >= 0.6 is 11.6 Å². The molecular formula is C19H15ClN2O4. The molecule has 1 aromatic carbocycles. The molecule has 0 spiro atoms. The van der Waals surface area contributed by atoms with Gasteiger partial charge in [0.1, 0.15) is 11.8 Å². The van der Waals surface area contributed by atoms with E-state index in [0.29, 0.717) is 29.2 Å². The van der Waals surface area contributed by atoms with Crippen molar-refractivity contribution in [3.05, 3.63) is 65.1 Å². The van der Waals surface area contributed by atoms with E-state index in [0.717, 1.165) is 17.4 Å². The molecule has 0 aliphatic heterocycles. The van der Waals surface area contributed by atoms with Crippen molar-refractivity contribution in [1.29, 1.82) is 0 Å². The number of rotatable bonds is 4. The maximum atomic E-state index is 11.3. The number of fused-ring (bicyclic) bond motifs is 2. The van der Waals surface area contributed by atoms with Crippen molar-refractivity contribution in [2.24, 2.45) is 0 Å². The predicted molar refractivity (Wildman–Crippen MR) is 95.0 cm³/mol. The average molecular weight is 371 g/mol. The van der Waals surface area contributed by atoms with Crippen molar-refractivity contribution in [3.63, 3.8) is 0 Å². The average Bonchev–Trinajstić information content (AvgIpc) is 3.12. The van der Waals surface area contributed by atoms with Crippen LogP contribution in [0.5, 0.6) is 5.75 Å². The summed E-state index contributed by atoms with van der Waals surface area (Å²) >= 11 is 5.43. The van der Waals surface area contributed by atoms with E-state index >= 15 is 0 Å². The van der Waals surface area contributed by atoms with Crippen LogP contribution < -0.4 is 4.74 Å². The van der Waals surface area contributed by atoms with E-state index in [1.165, 1.54) is 0 Å². The van der Waals surface area contributed by atoms with Crippen molar-refractivity contribution in [3.8, 4) is 5.75 Å². The third-order valence-corrected chi connectivity index (χ3v) is 4.65. The number of aldehydes is 1. The largest absolute Gasteiger partial charge is 0.478 e. The number of carbonyl (C=O) groups excluding carboxylic acids is 2. The summed E-state index contributed by atoms with van der Waals surface area (Å²) < 4.78 is 13.1. The number of ether oxygens (including phenoxy) is 2. The fraction of sp³-hybridized carbons (Fsp3) is 0.211. The van der Waals surface area contributed by atoms with E-state index in [9.17, 15) is 9.59 Å². The van der Waals surface area contributed by atoms with Crippen LogP contribution in [0.3, 0.4) is 0 Å². The summed E-state index contributed by atoms with van der Waals surface area (Å²) in [4.78, 5) is 27.0. The second-order valence-corrected chi connectivity index (χ2v) is 6.41. The van der Waals surface area contributed by atoms with Crippen LogP contribution in [0.25, 0.3) is 5.65 Å². The smallest absolute Gasteiger partial charge is 0.404 e. The van der Waals surface area contributed by atoms with Crippen molar-refractivity contribution in [2.45, 2.75) is 25.6 Å². The van der Waals surface area contributed by atoms with Gasteiger partial charge in [0.25, 0.3) is 0 Å². The highest BCUT2D eigenvalue weighted by molar-refractivity contribution is 6.61. The van der Waals surface area contributed by atoms with E-state index in [-0.39, 0.29) is 0 Å². The zero-order chi connectivity index (χ0) is 18.3. The normalized spacial score (nSPS) is 18.5. The Morgan fingerprint density at radius 3 is 2.88 bits per heavy atom. The number of benzene rings is 1. The molecule has 2 aromatic heterocycles. The van der Waals surface area contributed by atoms with Gasteiger partial charge in [0.2, 0.25) is 0 Å². The van der Waals surface area contributed by atoms with Crippen molar-refractivity contribution < 1.29 is 19.1 Å². The van der Waals surface area contributed by atoms with Gasteiger partial charge in [-0.3, -0.25) is 9.20 Å². The number of hydrogen-bond donors (Lipinski definition) is 0. The fourth-order valence-corrected chi connectivity index (χ4v) is 3.54. The third-order valence-electron chi connectivity index (χ3n) is 4.57. The zero-order valence-electron chi connectivity index (χ0n) is 13.9. The molecule has 0 saturated heterocycles. The highest BCUT2D eigenvalue weighted by Gasteiger charge is 2.37. The van der Waals surface area contributed by atoms with Gasteiger partial charge in [0, 0.05) is 24.2 Å². The van der Waals surface area contributed by atoms with Gasteiger partial charge in [0.05, 0.1) is 5.69 Å². The number of aromatic nitrogens is 2. The molecule has 132 valence electrons. The summed E-state index contributed by atoms with van der Waals surface area (Å²) in [5.74, 6) is 0.501. The Kier molecular flexibility index (Phi) is 4.12. The van der Waals surface area contributed by atoms with Crippen LogP contribution in [0.1, 0.15) is 33.4 Å². The van der Waals surface area contributed by atoms with Crippen molar-refractivity contribution >= 4 is 29.0 Å². The van der Waals surface area contributed by atoms with Gasteiger partial charge in [-0.1, -0.05) is 24.3 Å². The van der Waals surface area contributed by atoms with Crippen LogP contribution in [0.4, 0.5) is 4.79 Å². The van der Waals surface area contributed by atoms with Gasteiger partial charge in [-0.2, -0.15) is 0 Å². The zero-order valence-corrected chi connectivity index (χ0v) is 14.6. The molecule has 2 atom stereocenters.